The van der Waals surface area contributed by atoms with Crippen molar-refractivity contribution in [3.63, 3.8) is 0 Å². The Labute approximate surface area is 246 Å². The molecule has 0 radical (unpaired) electrons. The molecule has 0 saturated heterocycles. The number of aromatic nitrogens is 3. The predicted molar refractivity (Wildman–Crippen MR) is 171 cm³/mol. The smallest absolute Gasteiger partial charge is 0.226 e. The first kappa shape index (κ1) is 24.5. The molecule has 0 amide bonds. The standard InChI is InChI=1S/C37H22ClN3O/c38-37-40-35(29-17-16-26-20-25(14-15-27(26)21-29)23-8-3-1-4-9-23)39-36(41-37)30-12-7-13-33-34(30)31-22-28(18-19-32(31)42-33)24-10-5-2-6-11-24/h1-22H. The average Bonchev–Trinajstić information content (AvgIpc) is 3.43. The molecule has 0 saturated carbocycles. The summed E-state index contributed by atoms with van der Waals surface area (Å²) in [4.78, 5) is 14.0. The lowest BCUT2D eigenvalue weighted by molar-refractivity contribution is 0.669. The monoisotopic (exact) mass is 559 g/mol. The van der Waals surface area contributed by atoms with Crippen molar-refractivity contribution in [2.24, 2.45) is 0 Å². The van der Waals surface area contributed by atoms with Crippen LogP contribution in [0.15, 0.2) is 138 Å². The summed E-state index contributed by atoms with van der Waals surface area (Å²) in [6, 6.07) is 45.6. The van der Waals surface area contributed by atoms with Crippen LogP contribution in [0.5, 0.6) is 0 Å². The van der Waals surface area contributed by atoms with Gasteiger partial charge < -0.3 is 4.42 Å². The van der Waals surface area contributed by atoms with Crippen molar-refractivity contribution >= 4 is 44.3 Å². The van der Waals surface area contributed by atoms with E-state index in [1.165, 1.54) is 11.1 Å². The zero-order chi connectivity index (χ0) is 28.0. The van der Waals surface area contributed by atoms with Gasteiger partial charge in [-0.3, -0.25) is 0 Å². The van der Waals surface area contributed by atoms with Crippen molar-refractivity contribution in [2.45, 2.75) is 0 Å². The number of nitrogens with zero attached hydrogens (tertiary/aromatic N) is 3. The van der Waals surface area contributed by atoms with Crippen molar-refractivity contribution in [2.75, 3.05) is 0 Å². The maximum atomic E-state index is 6.52. The second-order valence-electron chi connectivity index (χ2n) is 10.3. The lowest BCUT2D eigenvalue weighted by Gasteiger charge is -2.08. The maximum Gasteiger partial charge on any atom is 0.226 e. The summed E-state index contributed by atoms with van der Waals surface area (Å²) in [6.45, 7) is 0. The number of rotatable bonds is 4. The van der Waals surface area contributed by atoms with Crippen LogP contribution in [0.25, 0.3) is 77.7 Å². The predicted octanol–water partition coefficient (Wildman–Crippen LogP) is 10.2. The lowest BCUT2D eigenvalue weighted by Crippen LogP contribution is -1.97. The fraction of sp³-hybridized carbons (Fsp3) is 0. The van der Waals surface area contributed by atoms with E-state index in [1.807, 2.05) is 54.6 Å². The van der Waals surface area contributed by atoms with E-state index in [4.69, 9.17) is 21.0 Å². The second-order valence-corrected chi connectivity index (χ2v) is 10.6. The fourth-order valence-electron chi connectivity index (χ4n) is 5.62. The van der Waals surface area contributed by atoms with Crippen LogP contribution in [0, 0.1) is 0 Å². The molecule has 8 rings (SSSR count). The normalized spacial score (nSPS) is 11.5. The molecule has 2 heterocycles. The van der Waals surface area contributed by atoms with Crippen molar-refractivity contribution in [3.8, 4) is 45.0 Å². The van der Waals surface area contributed by atoms with Crippen LogP contribution in [0.2, 0.25) is 5.28 Å². The van der Waals surface area contributed by atoms with E-state index in [9.17, 15) is 0 Å². The largest absolute Gasteiger partial charge is 0.456 e. The molecule has 0 aliphatic carbocycles. The molecule has 2 aromatic heterocycles. The molecule has 0 atom stereocenters. The van der Waals surface area contributed by atoms with Crippen LogP contribution >= 0.6 is 11.6 Å². The first-order valence-electron chi connectivity index (χ1n) is 13.7. The number of furan rings is 1. The van der Waals surface area contributed by atoms with Crippen LogP contribution in [-0.2, 0) is 0 Å². The SMILES string of the molecule is Clc1nc(-c2ccc3cc(-c4ccccc4)ccc3c2)nc(-c2cccc3oc4ccc(-c5ccccc5)cc4c23)n1. The Morgan fingerprint density at radius 2 is 1.07 bits per heavy atom. The molecule has 0 N–H and O–H groups in total. The molecule has 42 heavy (non-hydrogen) atoms. The van der Waals surface area contributed by atoms with Crippen LogP contribution in [0.3, 0.4) is 0 Å². The molecule has 0 spiro atoms. The van der Waals surface area contributed by atoms with Crippen molar-refractivity contribution < 1.29 is 4.42 Å². The molecular weight excluding hydrogens is 538 g/mol. The van der Waals surface area contributed by atoms with Crippen molar-refractivity contribution in [1.29, 1.82) is 0 Å². The van der Waals surface area contributed by atoms with Gasteiger partial charge in [-0.2, -0.15) is 9.97 Å². The summed E-state index contributed by atoms with van der Waals surface area (Å²) in [7, 11) is 0. The topological polar surface area (TPSA) is 51.8 Å². The quantitative estimate of drug-likeness (QED) is 0.215. The van der Waals surface area contributed by atoms with Gasteiger partial charge in [0.2, 0.25) is 5.28 Å². The van der Waals surface area contributed by atoms with Crippen LogP contribution in [0.1, 0.15) is 0 Å². The number of hydrogen-bond donors (Lipinski definition) is 0. The van der Waals surface area contributed by atoms with E-state index < -0.39 is 0 Å². The first-order valence-corrected chi connectivity index (χ1v) is 14.1. The highest BCUT2D eigenvalue weighted by atomic mass is 35.5. The summed E-state index contributed by atoms with van der Waals surface area (Å²) < 4.78 is 6.24. The molecule has 8 aromatic rings. The van der Waals surface area contributed by atoms with Gasteiger partial charge >= 0.3 is 0 Å². The van der Waals surface area contributed by atoms with Gasteiger partial charge in [0, 0.05) is 21.9 Å². The van der Waals surface area contributed by atoms with E-state index in [-0.39, 0.29) is 5.28 Å². The molecule has 4 nitrogen and oxygen atoms in total. The summed E-state index contributed by atoms with van der Waals surface area (Å²) in [5.74, 6) is 1.02. The van der Waals surface area contributed by atoms with E-state index >= 15 is 0 Å². The van der Waals surface area contributed by atoms with Gasteiger partial charge in [0.25, 0.3) is 0 Å². The molecule has 0 unspecified atom stereocenters. The van der Waals surface area contributed by atoms with E-state index in [1.54, 1.807) is 0 Å². The van der Waals surface area contributed by atoms with Gasteiger partial charge in [-0.1, -0.05) is 103 Å². The highest BCUT2D eigenvalue weighted by molar-refractivity contribution is 6.28. The minimum Gasteiger partial charge on any atom is -0.456 e. The van der Waals surface area contributed by atoms with Gasteiger partial charge in [0.05, 0.1) is 0 Å². The molecule has 0 aliphatic heterocycles. The Hall–Kier alpha value is -5.32. The molecule has 198 valence electrons. The molecule has 0 fully saturated rings. The van der Waals surface area contributed by atoms with Crippen LogP contribution in [-0.4, -0.2) is 15.0 Å². The second kappa shape index (κ2) is 9.95. The molecule has 5 heteroatoms. The first-order chi connectivity index (χ1) is 20.7. The van der Waals surface area contributed by atoms with Gasteiger partial charge in [-0.25, -0.2) is 4.98 Å². The van der Waals surface area contributed by atoms with Gasteiger partial charge in [0.15, 0.2) is 11.6 Å². The van der Waals surface area contributed by atoms with Crippen molar-refractivity contribution in [3.05, 3.63) is 139 Å². The Morgan fingerprint density at radius 1 is 0.452 bits per heavy atom. The zero-order valence-electron chi connectivity index (χ0n) is 22.3. The van der Waals surface area contributed by atoms with Crippen LogP contribution in [0.4, 0.5) is 0 Å². The molecule has 6 aromatic carbocycles. The van der Waals surface area contributed by atoms with E-state index in [0.29, 0.717) is 11.6 Å². The lowest BCUT2D eigenvalue weighted by atomic mass is 9.99. The molecule has 0 aliphatic rings. The highest BCUT2D eigenvalue weighted by Crippen LogP contribution is 2.38. The molecule has 0 bridgehead atoms. The minimum absolute atomic E-state index is 0.143. The number of halogens is 1. The van der Waals surface area contributed by atoms with Crippen LogP contribution < -0.4 is 0 Å². The Morgan fingerprint density at radius 3 is 1.81 bits per heavy atom. The average molecular weight is 560 g/mol. The summed E-state index contributed by atoms with van der Waals surface area (Å²) in [6.07, 6.45) is 0. The number of fused-ring (bicyclic) bond motifs is 4. The highest BCUT2D eigenvalue weighted by Gasteiger charge is 2.17. The van der Waals surface area contributed by atoms with E-state index in [2.05, 4.69) is 88.8 Å². The summed E-state index contributed by atoms with van der Waals surface area (Å²) in [5.41, 5.74) is 7.91. The summed E-state index contributed by atoms with van der Waals surface area (Å²) >= 11 is 6.52. The minimum atomic E-state index is 0.143. The number of benzene rings is 6. The maximum absolute atomic E-state index is 6.52. The van der Waals surface area contributed by atoms with Gasteiger partial charge in [-0.15, -0.1) is 0 Å². The van der Waals surface area contributed by atoms with E-state index in [0.717, 1.165) is 55.0 Å². The Bertz CT molecular complexity index is 2260. The Kier molecular flexibility index (Phi) is 5.80. The Balaban J connectivity index is 1.24. The van der Waals surface area contributed by atoms with Crippen molar-refractivity contribution in [1.82, 2.24) is 15.0 Å². The third-order valence-electron chi connectivity index (χ3n) is 7.66. The summed E-state index contributed by atoms with van der Waals surface area (Å²) in [5, 5.41) is 4.33. The van der Waals surface area contributed by atoms with Gasteiger partial charge in [0.1, 0.15) is 11.2 Å². The molecular formula is C37H22ClN3O. The third kappa shape index (κ3) is 4.30. The van der Waals surface area contributed by atoms with Gasteiger partial charge in [-0.05, 0) is 75.0 Å². The number of hydrogen-bond acceptors (Lipinski definition) is 4. The third-order valence-corrected chi connectivity index (χ3v) is 7.83. The fourth-order valence-corrected chi connectivity index (χ4v) is 5.78. The zero-order valence-corrected chi connectivity index (χ0v) is 23.1.